The van der Waals surface area contributed by atoms with Crippen molar-refractivity contribution in [1.29, 1.82) is 0 Å². The molecule has 1 saturated carbocycles. The number of nitrogens with zero attached hydrogens (tertiary/aromatic N) is 5. The maximum Gasteiger partial charge on any atom is 0.278 e. The molecule has 1 atom stereocenters. The first-order valence-electron chi connectivity index (χ1n) is 13.2. The van der Waals surface area contributed by atoms with Gasteiger partial charge in [-0.2, -0.15) is 10.2 Å². The molecule has 5 nitrogen and oxygen atoms in total. The molecule has 1 unspecified atom stereocenters. The highest BCUT2D eigenvalue weighted by Crippen LogP contribution is 2.36. The molecule has 2 fully saturated rings. The van der Waals surface area contributed by atoms with Gasteiger partial charge in [0.2, 0.25) is 0 Å². The van der Waals surface area contributed by atoms with Gasteiger partial charge in [0.05, 0.1) is 17.3 Å². The fourth-order valence-corrected chi connectivity index (χ4v) is 6.41. The smallest absolute Gasteiger partial charge is 0.278 e. The van der Waals surface area contributed by atoms with Gasteiger partial charge in [-0.15, -0.1) is 0 Å². The Hall–Kier alpha value is -2.20. The predicted molar refractivity (Wildman–Crippen MR) is 155 cm³/mol. The number of hydrogen-bond acceptors (Lipinski definition) is 5. The van der Waals surface area contributed by atoms with Crippen LogP contribution < -0.4 is 4.31 Å². The lowest BCUT2D eigenvalue weighted by Crippen LogP contribution is -2.51. The Bertz CT molecular complexity index is 1180. The zero-order valence-corrected chi connectivity index (χ0v) is 23.5. The van der Waals surface area contributed by atoms with E-state index in [1.165, 1.54) is 25.3 Å². The number of anilines is 1. The van der Waals surface area contributed by atoms with Crippen molar-refractivity contribution < 1.29 is 13.2 Å². The third-order valence-electron chi connectivity index (χ3n) is 7.12. The van der Waals surface area contributed by atoms with Gasteiger partial charge in [0, 0.05) is 44.3 Å². The third kappa shape index (κ3) is 6.68. The average Bonchev–Trinajstić information content (AvgIpc) is 3.41. The maximum atomic E-state index is 13.9. The quantitative estimate of drug-likeness (QED) is 0.322. The molecule has 2 aromatic rings. The van der Waals surface area contributed by atoms with E-state index in [2.05, 4.69) is 29.6 Å². The molecular formula is C28H35ClF3N5S. The van der Waals surface area contributed by atoms with E-state index in [-0.39, 0.29) is 17.2 Å². The van der Waals surface area contributed by atoms with Crippen LogP contribution in [0.4, 0.5) is 18.9 Å². The van der Waals surface area contributed by atoms with Gasteiger partial charge in [0.15, 0.2) is 0 Å². The summed E-state index contributed by atoms with van der Waals surface area (Å²) in [5.41, 5.74) is 2.94. The van der Waals surface area contributed by atoms with Gasteiger partial charge in [0.25, 0.3) is 6.43 Å². The number of alkyl halides is 2. The predicted octanol–water partition coefficient (Wildman–Crippen LogP) is 7.03. The van der Waals surface area contributed by atoms with Crippen LogP contribution >= 0.6 is 22.5 Å². The molecule has 1 aliphatic carbocycles. The molecule has 5 rings (SSSR count). The van der Waals surface area contributed by atoms with Crippen LogP contribution in [0.5, 0.6) is 0 Å². The Kier molecular flexibility index (Phi) is 10.0. The number of hydrogen-bond donors (Lipinski definition) is 0. The highest BCUT2D eigenvalue weighted by atomic mass is 35.5. The van der Waals surface area contributed by atoms with Crippen LogP contribution in [0.1, 0.15) is 50.7 Å². The van der Waals surface area contributed by atoms with Crippen LogP contribution in [0.15, 0.2) is 52.7 Å². The van der Waals surface area contributed by atoms with Crippen molar-refractivity contribution in [3.05, 3.63) is 64.4 Å². The van der Waals surface area contributed by atoms with Crippen LogP contribution in [0, 0.1) is 5.82 Å². The molecular weight excluding hydrogens is 531 g/mol. The Morgan fingerprint density at radius 2 is 1.74 bits per heavy atom. The number of rotatable bonds is 8. The van der Waals surface area contributed by atoms with Crippen LogP contribution in [-0.4, -0.2) is 65.1 Å². The second-order valence-corrected chi connectivity index (χ2v) is 11.4. The molecule has 0 radical (unpaired) electrons. The first kappa shape index (κ1) is 28.8. The average molecular weight is 566 g/mol. The molecule has 2 heterocycles. The molecule has 10 heteroatoms. The first-order valence-corrected chi connectivity index (χ1v) is 14.8. The van der Waals surface area contributed by atoms with Gasteiger partial charge >= 0.3 is 0 Å². The van der Waals surface area contributed by atoms with Gasteiger partial charge in [-0.3, -0.25) is 4.90 Å². The van der Waals surface area contributed by atoms with E-state index in [1.54, 1.807) is 12.1 Å². The van der Waals surface area contributed by atoms with Crippen molar-refractivity contribution >= 4 is 45.4 Å². The van der Waals surface area contributed by atoms with Gasteiger partial charge in [-0.25, -0.2) is 17.5 Å². The van der Waals surface area contributed by atoms with Crippen molar-refractivity contribution in [3.8, 4) is 0 Å². The topological polar surface area (TPSA) is 34.4 Å². The summed E-state index contributed by atoms with van der Waals surface area (Å²) in [4.78, 5) is 2.59. The Balaban J connectivity index is 0.00000164. The molecule has 0 bridgehead atoms. The normalized spacial score (nSPS) is 19.3. The van der Waals surface area contributed by atoms with Gasteiger partial charge in [-0.1, -0.05) is 56.1 Å². The molecule has 2 aliphatic heterocycles. The molecule has 38 heavy (non-hydrogen) atoms. The molecule has 3 aliphatic rings. The molecule has 1 saturated heterocycles. The summed E-state index contributed by atoms with van der Waals surface area (Å²) in [6, 6.07) is 13.2. The minimum atomic E-state index is -2.59. The van der Waals surface area contributed by atoms with E-state index < -0.39 is 23.1 Å². The SMILES string of the molecule is C=S(N1CCN(C2CCC2)CC1)N(Cc1ccc(C2=NN=C(C(F)F)C2)cc1)c1ccc(F)c(Cl)c1.CC. The number of benzene rings is 2. The fourth-order valence-electron chi connectivity index (χ4n) is 4.71. The highest BCUT2D eigenvalue weighted by molar-refractivity contribution is 8.13. The van der Waals surface area contributed by atoms with E-state index in [4.69, 9.17) is 11.6 Å². The highest BCUT2D eigenvalue weighted by Gasteiger charge is 2.29. The number of halogens is 4. The van der Waals surface area contributed by atoms with Crippen molar-refractivity contribution in [3.63, 3.8) is 0 Å². The standard InChI is InChI=1S/C26H29ClF3N5S.C2H6/c1-36(34-13-11-33(12-14-34)20-3-2-4-20)35(21-9-10-23(28)22(27)15-21)17-18-5-7-19(8-6-18)24-16-25(26(29)30)32-31-24;1-2/h5-10,15,20,26H,1-4,11-14,16-17H2;1-2H3. The van der Waals surface area contributed by atoms with E-state index in [0.29, 0.717) is 12.3 Å². The van der Waals surface area contributed by atoms with Gasteiger partial charge < -0.3 is 4.31 Å². The zero-order chi connectivity index (χ0) is 27.2. The zero-order valence-electron chi connectivity index (χ0n) is 21.9. The van der Waals surface area contributed by atoms with Crippen molar-refractivity contribution in [2.24, 2.45) is 10.2 Å². The van der Waals surface area contributed by atoms with Crippen molar-refractivity contribution in [1.82, 2.24) is 9.21 Å². The number of piperazine rings is 1. The van der Waals surface area contributed by atoms with Crippen molar-refractivity contribution in [2.75, 3.05) is 30.5 Å². The van der Waals surface area contributed by atoms with E-state index in [0.717, 1.165) is 49.0 Å². The second-order valence-electron chi connectivity index (χ2n) is 9.34. The first-order chi connectivity index (χ1) is 18.4. The Labute approximate surface area is 231 Å². The minimum Gasteiger partial charge on any atom is -0.306 e. The van der Waals surface area contributed by atoms with Crippen molar-refractivity contribution in [2.45, 2.75) is 58.5 Å². The summed E-state index contributed by atoms with van der Waals surface area (Å²) in [5, 5.41) is 7.61. The van der Waals surface area contributed by atoms with Gasteiger partial charge in [-0.05, 0) is 58.9 Å². The molecule has 0 N–H and O–H groups in total. The lowest BCUT2D eigenvalue weighted by molar-refractivity contribution is 0.0917. The minimum absolute atomic E-state index is 0.0619. The van der Waals surface area contributed by atoms with E-state index in [1.807, 2.05) is 38.1 Å². The molecule has 0 spiro atoms. The molecule has 206 valence electrons. The summed E-state index contributed by atoms with van der Waals surface area (Å²) >= 11 is 6.14. The van der Waals surface area contributed by atoms with Crippen LogP contribution in [-0.2, 0) is 6.54 Å². The lowest BCUT2D eigenvalue weighted by Gasteiger charge is -2.45. The summed E-state index contributed by atoms with van der Waals surface area (Å²) in [6.45, 7) is 8.46. The maximum absolute atomic E-state index is 13.9. The van der Waals surface area contributed by atoms with Crippen LogP contribution in [0.2, 0.25) is 5.02 Å². The Morgan fingerprint density at radius 1 is 1.05 bits per heavy atom. The summed E-state index contributed by atoms with van der Waals surface area (Å²) in [7, 11) is -0.507. The molecule has 0 amide bonds. The fraction of sp³-hybridized carbons (Fsp3) is 0.464. The van der Waals surface area contributed by atoms with Crippen LogP contribution in [0.3, 0.4) is 0 Å². The lowest BCUT2D eigenvalue weighted by atomic mass is 9.91. The summed E-state index contributed by atoms with van der Waals surface area (Å²) in [5.74, 6) is 4.06. The largest absolute Gasteiger partial charge is 0.306 e. The van der Waals surface area contributed by atoms with Crippen LogP contribution in [0.25, 0.3) is 0 Å². The van der Waals surface area contributed by atoms with E-state index in [9.17, 15) is 13.2 Å². The third-order valence-corrected chi connectivity index (χ3v) is 9.22. The van der Waals surface area contributed by atoms with Gasteiger partial charge in [0.1, 0.15) is 11.5 Å². The summed E-state index contributed by atoms with van der Waals surface area (Å²) in [6.07, 6.45) is 1.40. The Morgan fingerprint density at radius 3 is 2.29 bits per heavy atom. The molecule has 2 aromatic carbocycles. The van der Waals surface area contributed by atoms with E-state index >= 15 is 0 Å². The summed E-state index contributed by atoms with van der Waals surface area (Å²) < 4.78 is 44.3. The molecule has 0 aromatic heterocycles. The second kappa shape index (κ2) is 13.2. The monoisotopic (exact) mass is 565 g/mol.